The number of halogens is 2. The summed E-state index contributed by atoms with van der Waals surface area (Å²) in [5, 5.41) is 12.6. The first-order chi connectivity index (χ1) is 13.4. The van der Waals surface area contributed by atoms with Gasteiger partial charge in [-0.25, -0.2) is 4.90 Å². The average Bonchev–Trinajstić information content (AvgIpc) is 3.17. The number of fused-ring (bicyclic) bond motifs is 1. The SMILES string of the molecule is O=C(CN1N=N[C@@H]2C(=O)N(c3cccc(Cl)c3)C(=O)[C@H]21)Nc1ccc(Cl)cc1. The van der Waals surface area contributed by atoms with Crippen LogP contribution in [0, 0.1) is 0 Å². The molecule has 0 spiro atoms. The molecule has 2 aromatic carbocycles. The van der Waals surface area contributed by atoms with Gasteiger partial charge in [0.25, 0.3) is 11.8 Å². The molecule has 10 heteroatoms. The quantitative estimate of drug-likeness (QED) is 0.773. The van der Waals surface area contributed by atoms with Crippen LogP contribution in [0.15, 0.2) is 58.9 Å². The number of benzene rings is 2. The van der Waals surface area contributed by atoms with Gasteiger partial charge in [0.15, 0.2) is 12.1 Å². The maximum Gasteiger partial charge on any atom is 0.263 e. The summed E-state index contributed by atoms with van der Waals surface area (Å²) in [6, 6.07) is 11.1. The first-order valence-electron chi connectivity index (χ1n) is 8.30. The van der Waals surface area contributed by atoms with Crippen molar-refractivity contribution in [3.63, 3.8) is 0 Å². The molecule has 1 N–H and O–H groups in total. The molecule has 0 aliphatic carbocycles. The number of anilines is 2. The van der Waals surface area contributed by atoms with Crippen LogP contribution in [0.4, 0.5) is 11.4 Å². The highest BCUT2D eigenvalue weighted by Gasteiger charge is 2.55. The van der Waals surface area contributed by atoms with Gasteiger partial charge >= 0.3 is 0 Å². The number of carbonyl (C=O) groups is 3. The lowest BCUT2D eigenvalue weighted by molar-refractivity contribution is -0.123. The van der Waals surface area contributed by atoms with E-state index in [1.807, 2.05) is 0 Å². The molecule has 3 amide bonds. The summed E-state index contributed by atoms with van der Waals surface area (Å²) in [6.07, 6.45) is 0. The normalized spacial score (nSPS) is 20.6. The lowest BCUT2D eigenvalue weighted by atomic mass is 10.1. The molecule has 2 aliphatic rings. The lowest BCUT2D eigenvalue weighted by Gasteiger charge is -2.20. The number of nitrogens with zero attached hydrogens (tertiary/aromatic N) is 4. The van der Waals surface area contributed by atoms with Gasteiger partial charge in [-0.3, -0.25) is 19.4 Å². The summed E-state index contributed by atoms with van der Waals surface area (Å²) in [6.45, 7) is -0.226. The monoisotopic (exact) mass is 417 g/mol. The van der Waals surface area contributed by atoms with Crippen LogP contribution in [0.5, 0.6) is 0 Å². The second kappa shape index (κ2) is 7.21. The Morgan fingerprint density at radius 1 is 1.04 bits per heavy atom. The molecule has 0 unspecified atom stereocenters. The minimum Gasteiger partial charge on any atom is -0.324 e. The Balaban J connectivity index is 1.49. The van der Waals surface area contributed by atoms with Crippen LogP contribution in [-0.4, -0.2) is 41.4 Å². The van der Waals surface area contributed by atoms with Crippen LogP contribution in [-0.2, 0) is 14.4 Å². The van der Waals surface area contributed by atoms with E-state index >= 15 is 0 Å². The van der Waals surface area contributed by atoms with Crippen LogP contribution in [0.1, 0.15) is 0 Å². The highest BCUT2D eigenvalue weighted by molar-refractivity contribution is 6.32. The van der Waals surface area contributed by atoms with Crippen molar-refractivity contribution in [2.75, 3.05) is 16.8 Å². The van der Waals surface area contributed by atoms with Gasteiger partial charge in [0.2, 0.25) is 5.91 Å². The summed E-state index contributed by atoms with van der Waals surface area (Å²) in [4.78, 5) is 38.8. The van der Waals surface area contributed by atoms with Crippen LogP contribution >= 0.6 is 23.2 Å². The number of hydrogen-bond donors (Lipinski definition) is 1. The Morgan fingerprint density at radius 3 is 2.50 bits per heavy atom. The number of hydrogen-bond acceptors (Lipinski definition) is 6. The molecular formula is C18H13Cl2N5O3. The average molecular weight is 418 g/mol. The number of nitrogens with one attached hydrogen (secondary N) is 1. The Hall–Kier alpha value is -2.97. The van der Waals surface area contributed by atoms with Crippen molar-refractivity contribution >= 4 is 52.3 Å². The zero-order chi connectivity index (χ0) is 19.8. The van der Waals surface area contributed by atoms with Crippen molar-refractivity contribution in [2.45, 2.75) is 12.1 Å². The summed E-state index contributed by atoms with van der Waals surface area (Å²) >= 11 is 11.8. The Labute approximate surface area is 169 Å². The van der Waals surface area contributed by atoms with E-state index in [1.165, 1.54) is 11.1 Å². The van der Waals surface area contributed by atoms with E-state index in [0.717, 1.165) is 4.90 Å². The summed E-state index contributed by atoms with van der Waals surface area (Å²) < 4.78 is 0. The molecule has 2 heterocycles. The fourth-order valence-corrected chi connectivity index (χ4v) is 3.41. The van der Waals surface area contributed by atoms with Crippen molar-refractivity contribution < 1.29 is 14.4 Å². The van der Waals surface area contributed by atoms with E-state index in [4.69, 9.17) is 23.2 Å². The van der Waals surface area contributed by atoms with Crippen molar-refractivity contribution in [3.05, 3.63) is 58.6 Å². The molecular weight excluding hydrogens is 405 g/mol. The zero-order valence-corrected chi connectivity index (χ0v) is 15.8. The predicted molar refractivity (Wildman–Crippen MR) is 103 cm³/mol. The van der Waals surface area contributed by atoms with Crippen molar-refractivity contribution in [2.24, 2.45) is 10.3 Å². The summed E-state index contributed by atoms with van der Waals surface area (Å²) in [5.41, 5.74) is 0.911. The Kier molecular flexibility index (Phi) is 4.74. The fraction of sp³-hybridized carbons (Fsp3) is 0.167. The third-order valence-corrected chi connectivity index (χ3v) is 4.84. The number of rotatable bonds is 4. The molecule has 28 heavy (non-hydrogen) atoms. The first kappa shape index (κ1) is 18.4. The number of amides is 3. The minimum atomic E-state index is -0.977. The smallest absolute Gasteiger partial charge is 0.263 e. The van der Waals surface area contributed by atoms with Gasteiger partial charge in [0.05, 0.1) is 5.69 Å². The van der Waals surface area contributed by atoms with Gasteiger partial charge in [0, 0.05) is 15.7 Å². The van der Waals surface area contributed by atoms with E-state index in [-0.39, 0.29) is 6.54 Å². The molecule has 0 bridgehead atoms. The molecule has 1 saturated heterocycles. The zero-order valence-electron chi connectivity index (χ0n) is 14.3. The van der Waals surface area contributed by atoms with Crippen molar-refractivity contribution in [1.29, 1.82) is 0 Å². The van der Waals surface area contributed by atoms with Crippen molar-refractivity contribution in [3.8, 4) is 0 Å². The minimum absolute atomic E-state index is 0.226. The predicted octanol–water partition coefficient (Wildman–Crippen LogP) is 2.93. The van der Waals surface area contributed by atoms with E-state index in [0.29, 0.717) is 21.4 Å². The molecule has 2 aromatic rings. The molecule has 4 rings (SSSR count). The third-order valence-electron chi connectivity index (χ3n) is 4.36. The van der Waals surface area contributed by atoms with E-state index in [1.54, 1.807) is 42.5 Å². The summed E-state index contributed by atoms with van der Waals surface area (Å²) in [7, 11) is 0. The van der Waals surface area contributed by atoms with Crippen LogP contribution < -0.4 is 10.2 Å². The third kappa shape index (κ3) is 3.32. The van der Waals surface area contributed by atoms with Crippen molar-refractivity contribution in [1.82, 2.24) is 5.01 Å². The van der Waals surface area contributed by atoms with Gasteiger partial charge in [-0.05, 0) is 42.5 Å². The van der Waals surface area contributed by atoms with Gasteiger partial charge in [0.1, 0.15) is 6.54 Å². The number of imide groups is 1. The molecule has 2 atom stereocenters. The van der Waals surface area contributed by atoms with Crippen LogP contribution in [0.3, 0.4) is 0 Å². The Bertz CT molecular complexity index is 995. The second-order valence-electron chi connectivity index (χ2n) is 6.24. The van der Waals surface area contributed by atoms with Gasteiger partial charge in [-0.15, -0.1) is 0 Å². The number of carbonyl (C=O) groups excluding carboxylic acids is 3. The topological polar surface area (TPSA) is 94.4 Å². The molecule has 0 aromatic heterocycles. The largest absolute Gasteiger partial charge is 0.324 e. The highest BCUT2D eigenvalue weighted by atomic mass is 35.5. The Morgan fingerprint density at radius 2 is 1.79 bits per heavy atom. The first-order valence-corrected chi connectivity index (χ1v) is 9.06. The lowest BCUT2D eigenvalue weighted by Crippen LogP contribution is -2.43. The molecule has 1 fully saturated rings. The maximum atomic E-state index is 12.9. The van der Waals surface area contributed by atoms with Crippen LogP contribution in [0.2, 0.25) is 10.0 Å². The molecule has 0 saturated carbocycles. The van der Waals surface area contributed by atoms with E-state index in [2.05, 4.69) is 15.7 Å². The van der Waals surface area contributed by atoms with Gasteiger partial charge < -0.3 is 5.32 Å². The standard InChI is InChI=1S/C18H13Cl2N5O3/c19-10-4-6-12(7-5-10)21-14(26)9-24-16-15(22-23-24)17(27)25(18(16)28)13-3-1-2-11(20)8-13/h1-8,15-16H,9H2,(H,21,26)/t15-,16-/m0/s1. The van der Waals surface area contributed by atoms with Crippen LogP contribution in [0.25, 0.3) is 0 Å². The molecule has 142 valence electrons. The second-order valence-corrected chi connectivity index (χ2v) is 7.11. The van der Waals surface area contributed by atoms with Gasteiger partial charge in [-0.2, -0.15) is 5.11 Å². The fourth-order valence-electron chi connectivity index (χ4n) is 3.10. The molecule has 2 aliphatic heterocycles. The highest BCUT2D eigenvalue weighted by Crippen LogP contribution is 2.32. The summed E-state index contributed by atoms with van der Waals surface area (Å²) in [5.74, 6) is -1.40. The molecule has 0 radical (unpaired) electrons. The van der Waals surface area contributed by atoms with E-state index < -0.39 is 29.8 Å². The maximum absolute atomic E-state index is 12.9. The van der Waals surface area contributed by atoms with Gasteiger partial charge in [-0.1, -0.05) is 34.5 Å². The molecule has 8 nitrogen and oxygen atoms in total. The van der Waals surface area contributed by atoms with E-state index in [9.17, 15) is 14.4 Å².